The number of aromatic nitrogens is 3. The molecule has 0 aromatic carbocycles. The van der Waals surface area contributed by atoms with Gasteiger partial charge in [0.25, 0.3) is 0 Å². The van der Waals surface area contributed by atoms with Crippen LogP contribution in [0.1, 0.15) is 30.3 Å². The molecule has 5 heteroatoms. The fourth-order valence-corrected chi connectivity index (χ4v) is 2.08. The van der Waals surface area contributed by atoms with Crippen molar-refractivity contribution in [2.75, 3.05) is 0 Å². The van der Waals surface area contributed by atoms with Gasteiger partial charge < -0.3 is 9.73 Å². The lowest BCUT2D eigenvalue weighted by molar-refractivity contribution is 0.438. The zero-order valence-corrected chi connectivity index (χ0v) is 11.0. The van der Waals surface area contributed by atoms with Crippen molar-refractivity contribution in [1.82, 2.24) is 19.9 Å². The SMILES string of the molecule is Cc1ccc(CNC(C)c2nnc3ccccn23)o1. The number of nitrogens with one attached hydrogen (secondary N) is 1. The third kappa shape index (κ3) is 2.37. The van der Waals surface area contributed by atoms with Crippen molar-refractivity contribution in [3.05, 3.63) is 53.9 Å². The maximum atomic E-state index is 5.53. The average Bonchev–Trinajstić information content (AvgIpc) is 3.02. The van der Waals surface area contributed by atoms with Gasteiger partial charge in [-0.15, -0.1) is 10.2 Å². The summed E-state index contributed by atoms with van der Waals surface area (Å²) in [4.78, 5) is 0. The Morgan fingerprint density at radius 1 is 1.26 bits per heavy atom. The lowest BCUT2D eigenvalue weighted by Gasteiger charge is -2.10. The van der Waals surface area contributed by atoms with E-state index in [1.54, 1.807) is 0 Å². The topological polar surface area (TPSA) is 55.4 Å². The van der Waals surface area contributed by atoms with Crippen LogP contribution in [0, 0.1) is 6.92 Å². The molecule has 3 heterocycles. The van der Waals surface area contributed by atoms with Crippen LogP contribution in [0.25, 0.3) is 5.65 Å². The van der Waals surface area contributed by atoms with Crippen LogP contribution in [0.15, 0.2) is 40.9 Å². The van der Waals surface area contributed by atoms with Gasteiger partial charge in [-0.2, -0.15) is 0 Å². The molecule has 0 amide bonds. The van der Waals surface area contributed by atoms with Crippen LogP contribution >= 0.6 is 0 Å². The summed E-state index contributed by atoms with van der Waals surface area (Å²) in [7, 11) is 0. The number of nitrogens with zero attached hydrogens (tertiary/aromatic N) is 3. The molecule has 1 N–H and O–H groups in total. The number of hydrogen-bond acceptors (Lipinski definition) is 4. The molecule has 0 saturated heterocycles. The molecule has 3 aromatic rings. The second kappa shape index (κ2) is 4.85. The van der Waals surface area contributed by atoms with Crippen molar-refractivity contribution >= 4 is 5.65 Å². The van der Waals surface area contributed by atoms with Gasteiger partial charge in [-0.05, 0) is 38.1 Å². The monoisotopic (exact) mass is 256 g/mol. The van der Waals surface area contributed by atoms with Crippen molar-refractivity contribution < 1.29 is 4.42 Å². The molecule has 98 valence electrons. The first kappa shape index (κ1) is 11.9. The molecule has 0 aliphatic carbocycles. The number of fused-ring (bicyclic) bond motifs is 1. The second-order valence-electron chi connectivity index (χ2n) is 4.60. The molecule has 19 heavy (non-hydrogen) atoms. The quantitative estimate of drug-likeness (QED) is 0.779. The Morgan fingerprint density at radius 2 is 2.16 bits per heavy atom. The summed E-state index contributed by atoms with van der Waals surface area (Å²) >= 11 is 0. The first-order chi connectivity index (χ1) is 9.24. The molecule has 0 aliphatic rings. The molecule has 0 saturated carbocycles. The van der Waals surface area contributed by atoms with E-state index in [9.17, 15) is 0 Å². The van der Waals surface area contributed by atoms with E-state index in [1.165, 1.54) is 0 Å². The van der Waals surface area contributed by atoms with Crippen LogP contribution < -0.4 is 5.32 Å². The fraction of sp³-hybridized carbons (Fsp3) is 0.286. The molecule has 1 unspecified atom stereocenters. The third-order valence-corrected chi connectivity index (χ3v) is 3.11. The third-order valence-electron chi connectivity index (χ3n) is 3.11. The minimum atomic E-state index is 0.0998. The number of hydrogen-bond donors (Lipinski definition) is 1. The molecule has 0 aliphatic heterocycles. The number of pyridine rings is 1. The van der Waals surface area contributed by atoms with E-state index in [0.29, 0.717) is 6.54 Å². The maximum Gasteiger partial charge on any atom is 0.160 e. The lowest BCUT2D eigenvalue weighted by Crippen LogP contribution is -2.20. The van der Waals surface area contributed by atoms with Crippen molar-refractivity contribution in [3.8, 4) is 0 Å². The maximum absolute atomic E-state index is 5.53. The predicted molar refractivity (Wildman–Crippen MR) is 71.7 cm³/mol. The van der Waals surface area contributed by atoms with Gasteiger partial charge in [0.05, 0.1) is 12.6 Å². The van der Waals surface area contributed by atoms with Crippen molar-refractivity contribution in [3.63, 3.8) is 0 Å². The highest BCUT2D eigenvalue weighted by Crippen LogP contribution is 2.13. The Bertz CT molecular complexity index is 685. The van der Waals surface area contributed by atoms with Gasteiger partial charge >= 0.3 is 0 Å². The van der Waals surface area contributed by atoms with Crippen LogP contribution in [0.5, 0.6) is 0 Å². The molecular weight excluding hydrogens is 240 g/mol. The minimum absolute atomic E-state index is 0.0998. The highest BCUT2D eigenvalue weighted by Gasteiger charge is 2.13. The molecule has 5 nitrogen and oxygen atoms in total. The van der Waals surface area contributed by atoms with E-state index in [1.807, 2.05) is 47.9 Å². The van der Waals surface area contributed by atoms with Crippen LogP contribution in [-0.2, 0) is 6.54 Å². The summed E-state index contributed by atoms with van der Waals surface area (Å²) in [6.07, 6.45) is 1.97. The highest BCUT2D eigenvalue weighted by atomic mass is 16.3. The minimum Gasteiger partial charge on any atom is -0.465 e. The Hall–Kier alpha value is -2.14. The highest BCUT2D eigenvalue weighted by molar-refractivity contribution is 5.37. The molecule has 0 fully saturated rings. The average molecular weight is 256 g/mol. The largest absolute Gasteiger partial charge is 0.465 e. The molecule has 0 spiro atoms. The van der Waals surface area contributed by atoms with E-state index in [4.69, 9.17) is 4.42 Å². The van der Waals surface area contributed by atoms with Crippen molar-refractivity contribution in [2.24, 2.45) is 0 Å². The fourth-order valence-electron chi connectivity index (χ4n) is 2.08. The number of furan rings is 1. The van der Waals surface area contributed by atoms with Crippen molar-refractivity contribution in [1.29, 1.82) is 0 Å². The molecule has 1 atom stereocenters. The van der Waals surface area contributed by atoms with E-state index in [2.05, 4.69) is 22.4 Å². The molecule has 0 radical (unpaired) electrons. The Kier molecular flexibility index (Phi) is 3.05. The van der Waals surface area contributed by atoms with Gasteiger partial charge in [0.2, 0.25) is 0 Å². The summed E-state index contributed by atoms with van der Waals surface area (Å²) in [6.45, 7) is 4.69. The normalized spacial score (nSPS) is 12.9. The molecule has 3 aromatic heterocycles. The predicted octanol–water partition coefficient (Wildman–Crippen LogP) is 2.48. The van der Waals surface area contributed by atoms with E-state index >= 15 is 0 Å². The Morgan fingerprint density at radius 3 is 2.95 bits per heavy atom. The number of rotatable bonds is 4. The van der Waals surface area contributed by atoms with E-state index in [0.717, 1.165) is 23.0 Å². The molecule has 0 bridgehead atoms. The van der Waals surface area contributed by atoms with E-state index in [-0.39, 0.29) is 6.04 Å². The van der Waals surface area contributed by atoms with Crippen LogP contribution in [0.2, 0.25) is 0 Å². The van der Waals surface area contributed by atoms with Gasteiger partial charge in [0, 0.05) is 6.20 Å². The Balaban J connectivity index is 1.75. The second-order valence-corrected chi connectivity index (χ2v) is 4.60. The first-order valence-corrected chi connectivity index (χ1v) is 6.32. The summed E-state index contributed by atoms with van der Waals surface area (Å²) in [5.41, 5.74) is 0.861. The van der Waals surface area contributed by atoms with Gasteiger partial charge in [-0.25, -0.2) is 0 Å². The van der Waals surface area contributed by atoms with E-state index < -0.39 is 0 Å². The summed E-state index contributed by atoms with van der Waals surface area (Å²) < 4.78 is 7.52. The van der Waals surface area contributed by atoms with Gasteiger partial charge in [0.15, 0.2) is 11.5 Å². The summed E-state index contributed by atoms with van der Waals surface area (Å²) in [5.74, 6) is 2.76. The van der Waals surface area contributed by atoms with Crippen LogP contribution in [0.4, 0.5) is 0 Å². The first-order valence-electron chi connectivity index (χ1n) is 6.32. The smallest absolute Gasteiger partial charge is 0.160 e. The summed E-state index contributed by atoms with van der Waals surface area (Å²) in [6, 6.07) is 9.92. The standard InChI is InChI=1S/C14H16N4O/c1-10-6-7-12(19-10)9-15-11(2)14-17-16-13-5-3-4-8-18(13)14/h3-8,11,15H,9H2,1-2H3. The van der Waals surface area contributed by atoms with Crippen LogP contribution in [-0.4, -0.2) is 14.6 Å². The zero-order valence-electron chi connectivity index (χ0n) is 11.0. The molecular formula is C14H16N4O. The van der Waals surface area contributed by atoms with Crippen molar-refractivity contribution in [2.45, 2.75) is 26.4 Å². The lowest BCUT2D eigenvalue weighted by atomic mass is 10.3. The zero-order chi connectivity index (χ0) is 13.2. The number of aryl methyl sites for hydroxylation is 1. The Labute approximate surface area is 111 Å². The van der Waals surface area contributed by atoms with Gasteiger partial charge in [-0.1, -0.05) is 6.07 Å². The van der Waals surface area contributed by atoms with Gasteiger partial charge in [-0.3, -0.25) is 4.40 Å². The molecule has 3 rings (SSSR count). The summed E-state index contributed by atoms with van der Waals surface area (Å²) in [5, 5.41) is 11.8. The van der Waals surface area contributed by atoms with Gasteiger partial charge in [0.1, 0.15) is 11.5 Å². The van der Waals surface area contributed by atoms with Crippen LogP contribution in [0.3, 0.4) is 0 Å².